The zero-order chi connectivity index (χ0) is 43.6. The molecule has 0 saturated heterocycles. The Morgan fingerprint density at radius 3 is 1.44 bits per heavy atom. The molecule has 5 heteroatoms. The lowest BCUT2D eigenvalue weighted by Gasteiger charge is -2.13. The molecule has 3 aromatic heterocycles. The van der Waals surface area contributed by atoms with E-state index in [4.69, 9.17) is 23.8 Å². The molecule has 0 spiro atoms. The molecule has 0 aliphatic rings. The van der Waals surface area contributed by atoms with Gasteiger partial charge in [0.2, 0.25) is 0 Å². The SMILES string of the molecule is c1ccc(-c2ccc(-c3nc(-c4cccc5oc6ccccc6c45)nc(-c4ccc(-c5cc(-c6ccccc6)cc(-c6ccccc6)c5)c5oc6cc7ccccc7cc6c45)n3)cc2)cc1. The summed E-state index contributed by atoms with van der Waals surface area (Å²) in [7, 11) is 0. The topological polar surface area (TPSA) is 65.0 Å². The first kappa shape index (κ1) is 37.6. The standard InChI is InChI=1S/C61H37N3O2/c1-4-15-38(16-5-1)41-27-29-42(30-28-41)59-62-60(50-24-14-26-54-56(50)49-23-12-13-25-53(49)65-54)64-61(63-59)51-32-31-48(58-57(51)52-36-43-21-10-11-22-44(43)37-55(52)66-58)47-34-45(39-17-6-2-7-18-39)33-46(35-47)40-19-8-3-9-20-40/h1-37H. The highest BCUT2D eigenvalue weighted by molar-refractivity contribution is 6.19. The molecule has 308 valence electrons. The molecule has 0 saturated carbocycles. The highest BCUT2D eigenvalue weighted by Gasteiger charge is 2.23. The van der Waals surface area contributed by atoms with Crippen molar-refractivity contribution in [1.29, 1.82) is 0 Å². The summed E-state index contributed by atoms with van der Waals surface area (Å²) in [6.45, 7) is 0. The van der Waals surface area contributed by atoms with Crippen LogP contribution in [0.4, 0.5) is 0 Å². The Morgan fingerprint density at radius 1 is 0.258 bits per heavy atom. The minimum Gasteiger partial charge on any atom is -0.456 e. The number of benzene rings is 10. The Bertz CT molecular complexity index is 3910. The van der Waals surface area contributed by atoms with Gasteiger partial charge in [0.1, 0.15) is 22.3 Å². The van der Waals surface area contributed by atoms with Crippen molar-refractivity contribution >= 4 is 54.6 Å². The van der Waals surface area contributed by atoms with Crippen LogP contribution < -0.4 is 0 Å². The first-order valence-corrected chi connectivity index (χ1v) is 22.2. The molecule has 66 heavy (non-hydrogen) atoms. The van der Waals surface area contributed by atoms with Crippen LogP contribution in [0, 0.1) is 0 Å². The van der Waals surface area contributed by atoms with Gasteiger partial charge < -0.3 is 8.83 Å². The summed E-state index contributed by atoms with van der Waals surface area (Å²) >= 11 is 0. The van der Waals surface area contributed by atoms with E-state index in [1.54, 1.807) is 0 Å². The van der Waals surface area contributed by atoms with Crippen molar-refractivity contribution in [2.24, 2.45) is 0 Å². The maximum atomic E-state index is 7.10. The molecule has 5 nitrogen and oxygen atoms in total. The minimum absolute atomic E-state index is 0.544. The number of hydrogen-bond acceptors (Lipinski definition) is 5. The van der Waals surface area contributed by atoms with Crippen LogP contribution in [-0.4, -0.2) is 15.0 Å². The summed E-state index contributed by atoms with van der Waals surface area (Å²) < 4.78 is 13.5. The van der Waals surface area contributed by atoms with E-state index in [2.05, 4.69) is 188 Å². The smallest absolute Gasteiger partial charge is 0.164 e. The number of rotatable bonds is 7. The van der Waals surface area contributed by atoms with Crippen LogP contribution in [0.1, 0.15) is 0 Å². The van der Waals surface area contributed by atoms with E-state index in [9.17, 15) is 0 Å². The van der Waals surface area contributed by atoms with Crippen LogP contribution in [0.3, 0.4) is 0 Å². The third-order valence-corrected chi connectivity index (χ3v) is 12.7. The van der Waals surface area contributed by atoms with Crippen LogP contribution >= 0.6 is 0 Å². The Kier molecular flexibility index (Phi) is 8.78. The van der Waals surface area contributed by atoms with Crippen molar-refractivity contribution in [3.8, 4) is 78.7 Å². The van der Waals surface area contributed by atoms with Gasteiger partial charge in [0.25, 0.3) is 0 Å². The van der Waals surface area contributed by atoms with E-state index in [1.807, 2.05) is 36.4 Å². The van der Waals surface area contributed by atoms with Gasteiger partial charge in [0.05, 0.1) is 0 Å². The first-order chi connectivity index (χ1) is 32.7. The lowest BCUT2D eigenvalue weighted by molar-refractivity contribution is 0.669. The fourth-order valence-electron chi connectivity index (χ4n) is 9.51. The van der Waals surface area contributed by atoms with E-state index in [1.165, 1.54) is 0 Å². The van der Waals surface area contributed by atoms with Crippen LogP contribution in [0.15, 0.2) is 233 Å². The van der Waals surface area contributed by atoms with Gasteiger partial charge in [-0.25, -0.2) is 15.0 Å². The third-order valence-electron chi connectivity index (χ3n) is 12.7. The number of hydrogen-bond donors (Lipinski definition) is 0. The van der Waals surface area contributed by atoms with E-state index >= 15 is 0 Å². The zero-order valence-corrected chi connectivity index (χ0v) is 35.5. The van der Waals surface area contributed by atoms with Gasteiger partial charge in [-0.05, 0) is 104 Å². The molecule has 0 radical (unpaired) electrons. The van der Waals surface area contributed by atoms with E-state index in [0.717, 1.165) is 116 Å². The summed E-state index contributed by atoms with van der Waals surface area (Å²) in [6.07, 6.45) is 0. The van der Waals surface area contributed by atoms with Gasteiger partial charge in [0, 0.05) is 43.8 Å². The van der Waals surface area contributed by atoms with Gasteiger partial charge in [0.15, 0.2) is 17.5 Å². The van der Waals surface area contributed by atoms with Crippen molar-refractivity contribution in [3.63, 3.8) is 0 Å². The van der Waals surface area contributed by atoms with Crippen molar-refractivity contribution in [2.75, 3.05) is 0 Å². The minimum atomic E-state index is 0.544. The zero-order valence-electron chi connectivity index (χ0n) is 35.5. The Balaban J connectivity index is 1.08. The maximum Gasteiger partial charge on any atom is 0.164 e. The van der Waals surface area contributed by atoms with Crippen LogP contribution in [-0.2, 0) is 0 Å². The predicted molar refractivity (Wildman–Crippen MR) is 270 cm³/mol. The first-order valence-electron chi connectivity index (χ1n) is 22.2. The van der Waals surface area contributed by atoms with Crippen LogP contribution in [0.5, 0.6) is 0 Å². The molecule has 0 N–H and O–H groups in total. The van der Waals surface area contributed by atoms with Gasteiger partial charge in [-0.3, -0.25) is 0 Å². The quantitative estimate of drug-likeness (QED) is 0.160. The largest absolute Gasteiger partial charge is 0.456 e. The molecule has 10 aromatic carbocycles. The van der Waals surface area contributed by atoms with E-state index < -0.39 is 0 Å². The lowest BCUT2D eigenvalue weighted by atomic mass is 9.91. The molecule has 0 unspecified atom stereocenters. The predicted octanol–water partition coefficient (Wildman–Crippen LogP) is 16.5. The van der Waals surface area contributed by atoms with E-state index in [-0.39, 0.29) is 0 Å². The average molecular weight is 844 g/mol. The molecule has 0 aliphatic carbocycles. The molecule has 0 fully saturated rings. The normalized spacial score (nSPS) is 11.6. The fraction of sp³-hybridized carbons (Fsp3) is 0. The van der Waals surface area contributed by atoms with Gasteiger partial charge in [-0.1, -0.05) is 170 Å². The molecular formula is C61H37N3O2. The van der Waals surface area contributed by atoms with Crippen molar-refractivity contribution in [3.05, 3.63) is 224 Å². The second-order valence-electron chi connectivity index (χ2n) is 16.7. The lowest BCUT2D eigenvalue weighted by Crippen LogP contribution is -2.01. The monoisotopic (exact) mass is 843 g/mol. The number of furan rings is 2. The highest BCUT2D eigenvalue weighted by Crippen LogP contribution is 2.45. The molecule has 0 aliphatic heterocycles. The summed E-state index contributed by atoms with van der Waals surface area (Å²) in [5.74, 6) is 1.66. The van der Waals surface area contributed by atoms with E-state index in [0.29, 0.717) is 17.5 Å². The molecular weight excluding hydrogens is 807 g/mol. The Labute approximate surface area is 379 Å². The summed E-state index contributed by atoms with van der Waals surface area (Å²) in [5, 5.41) is 6.12. The summed E-state index contributed by atoms with van der Waals surface area (Å²) in [4.78, 5) is 16.0. The number of nitrogens with zero attached hydrogens (tertiary/aromatic N) is 3. The molecule has 13 rings (SSSR count). The summed E-state index contributed by atoms with van der Waals surface area (Å²) in [6, 6.07) is 78.2. The van der Waals surface area contributed by atoms with Crippen molar-refractivity contribution < 1.29 is 8.83 Å². The highest BCUT2D eigenvalue weighted by atomic mass is 16.3. The van der Waals surface area contributed by atoms with Gasteiger partial charge in [-0.2, -0.15) is 0 Å². The third kappa shape index (κ3) is 6.44. The summed E-state index contributed by atoms with van der Waals surface area (Å²) in [5.41, 5.74) is 14.5. The number of aromatic nitrogens is 3. The van der Waals surface area contributed by atoms with Crippen molar-refractivity contribution in [2.45, 2.75) is 0 Å². The van der Waals surface area contributed by atoms with Crippen LogP contribution in [0.2, 0.25) is 0 Å². The molecule has 3 heterocycles. The second-order valence-corrected chi connectivity index (χ2v) is 16.7. The number of para-hydroxylation sites is 1. The Morgan fingerprint density at radius 2 is 0.758 bits per heavy atom. The second kappa shape index (κ2) is 15.4. The average Bonchev–Trinajstić information content (AvgIpc) is 3.97. The number of fused-ring (bicyclic) bond motifs is 7. The van der Waals surface area contributed by atoms with Crippen LogP contribution in [0.25, 0.3) is 133 Å². The molecule has 0 atom stereocenters. The molecule has 0 bridgehead atoms. The maximum absolute atomic E-state index is 7.10. The Hall–Kier alpha value is -8.93. The van der Waals surface area contributed by atoms with Gasteiger partial charge >= 0.3 is 0 Å². The van der Waals surface area contributed by atoms with Crippen molar-refractivity contribution in [1.82, 2.24) is 15.0 Å². The molecule has 13 aromatic rings. The fourth-order valence-corrected chi connectivity index (χ4v) is 9.51. The van der Waals surface area contributed by atoms with Gasteiger partial charge in [-0.15, -0.1) is 0 Å². The molecule has 0 amide bonds.